The number of rotatable bonds is 36. The fourth-order valence-electron chi connectivity index (χ4n) is 4.76. The van der Waals surface area contributed by atoms with Crippen molar-refractivity contribution in [3.05, 3.63) is 41.2 Å². The van der Waals surface area contributed by atoms with Crippen molar-refractivity contribution < 1.29 is 52.2 Å². The second kappa shape index (κ2) is 33.4. The highest BCUT2D eigenvalue weighted by Crippen LogP contribution is 2.18. The molecule has 0 aromatic heterocycles. The molecule has 0 radical (unpaired) electrons. The Morgan fingerprint density at radius 2 is 1.26 bits per heavy atom. The van der Waals surface area contributed by atoms with E-state index in [0.717, 1.165) is 17.5 Å². The number of methoxy groups -OCH3 is 1. The maximum Gasteiger partial charge on any atom is 0.243 e. The largest absolute Gasteiger partial charge is 0.399 e. The van der Waals surface area contributed by atoms with E-state index in [0.29, 0.717) is 124 Å². The smallest absolute Gasteiger partial charge is 0.243 e. The fraction of sp³-hybridized carbons (Fsp3) is 0.730. The number of hydrogen-bond acceptors (Lipinski definition) is 15. The topological polar surface area (TPSA) is 209 Å². The second-order valence-corrected chi connectivity index (χ2v) is 12.3. The van der Waals surface area contributed by atoms with Crippen molar-refractivity contribution >= 4 is 17.5 Å². The number of hydrogen-bond donors (Lipinski definition) is 5. The Labute approximate surface area is 321 Å². The average Bonchev–Trinajstić information content (AvgIpc) is 3.14. The molecule has 0 heterocycles. The summed E-state index contributed by atoms with van der Waals surface area (Å²) in [5.41, 5.74) is 9.21. The minimum atomic E-state index is -0.370. The van der Waals surface area contributed by atoms with Crippen molar-refractivity contribution in [1.29, 1.82) is 0 Å². The molecule has 0 aliphatic carbocycles. The molecule has 0 aliphatic heterocycles. The first-order valence-corrected chi connectivity index (χ1v) is 18.7. The Balaban J connectivity index is 2.08. The predicted molar refractivity (Wildman–Crippen MR) is 206 cm³/mol. The summed E-state index contributed by atoms with van der Waals surface area (Å²) in [7, 11) is 3.36. The number of benzene rings is 1. The van der Waals surface area contributed by atoms with E-state index in [9.17, 15) is 9.59 Å². The monoisotopic (exact) mass is 772 g/mol. The number of anilines is 1. The zero-order valence-corrected chi connectivity index (χ0v) is 33.2. The molecule has 0 bridgehead atoms. The number of nitrogens with one attached hydrogen (secondary N) is 3. The van der Waals surface area contributed by atoms with Crippen LogP contribution < -0.4 is 27.5 Å². The van der Waals surface area contributed by atoms with Crippen molar-refractivity contribution in [1.82, 2.24) is 15.6 Å². The molecular weight excluding hydrogens is 704 g/mol. The van der Waals surface area contributed by atoms with Gasteiger partial charge in [-0.3, -0.25) is 9.59 Å². The summed E-state index contributed by atoms with van der Waals surface area (Å²) in [6.07, 6.45) is 2.40. The zero-order chi connectivity index (χ0) is 39.7. The van der Waals surface area contributed by atoms with Crippen molar-refractivity contribution in [2.24, 2.45) is 17.5 Å². The van der Waals surface area contributed by atoms with E-state index in [1.165, 1.54) is 5.01 Å². The molecule has 0 saturated heterocycles. The van der Waals surface area contributed by atoms with Crippen LogP contribution in [0.25, 0.3) is 0 Å². The minimum Gasteiger partial charge on any atom is -0.399 e. The van der Waals surface area contributed by atoms with Crippen LogP contribution in [0.3, 0.4) is 0 Å². The molecule has 0 spiro atoms. The SMILES string of the molecule is CCc1ccc(NC(=O)CNC(=O)C(NC)C(C)C)cc1COC/C(N)=C/N(N)CCOCCOCCOCCOCCOCCOCCOCCOC. The quantitative estimate of drug-likeness (QED) is 0.0363. The standard InChI is InChI=1S/C37H68N6O11/c1-6-31-7-8-34(42-35(44)26-41-37(45)36(40-4)30(2)3)25-32(31)28-54-29-33(38)27-43(39)9-10-47-13-14-49-17-18-51-21-22-53-24-23-52-20-19-50-16-15-48-12-11-46-5/h7-8,25,27,30,36,40H,6,9-24,26,28-29,38-39H2,1-5H3,(H,41,45)(H,42,44)/b33-27-. The van der Waals surface area contributed by atoms with Crippen LogP contribution in [0.5, 0.6) is 0 Å². The Hall–Kier alpha value is -2.94. The van der Waals surface area contributed by atoms with Crippen molar-refractivity contribution in [2.45, 2.75) is 39.8 Å². The predicted octanol–water partition coefficient (Wildman–Crippen LogP) is 0.803. The lowest BCUT2D eigenvalue weighted by atomic mass is 10.0. The molecule has 7 N–H and O–H groups in total. The zero-order valence-electron chi connectivity index (χ0n) is 33.2. The van der Waals surface area contributed by atoms with Crippen molar-refractivity contribution in [3.8, 4) is 0 Å². The van der Waals surface area contributed by atoms with Gasteiger partial charge >= 0.3 is 0 Å². The van der Waals surface area contributed by atoms with Gasteiger partial charge in [0, 0.05) is 19.0 Å². The molecule has 1 atom stereocenters. The van der Waals surface area contributed by atoms with E-state index in [4.69, 9.17) is 54.2 Å². The van der Waals surface area contributed by atoms with Gasteiger partial charge in [-0.15, -0.1) is 0 Å². The van der Waals surface area contributed by atoms with E-state index in [1.54, 1.807) is 20.4 Å². The number of hydrazine groups is 1. The van der Waals surface area contributed by atoms with Gasteiger partial charge < -0.3 is 69.3 Å². The number of nitrogens with two attached hydrogens (primary N) is 2. The van der Waals surface area contributed by atoms with Crippen LogP contribution >= 0.6 is 0 Å². The number of nitrogens with zero attached hydrogens (tertiary/aromatic N) is 1. The molecule has 0 aliphatic rings. The third-order valence-electron chi connectivity index (χ3n) is 7.57. The summed E-state index contributed by atoms with van der Waals surface area (Å²) in [5.74, 6) is 5.60. The van der Waals surface area contributed by atoms with Crippen molar-refractivity contribution in [3.63, 3.8) is 0 Å². The third-order valence-corrected chi connectivity index (χ3v) is 7.57. The Kier molecular flexibility index (Phi) is 30.4. The first-order valence-electron chi connectivity index (χ1n) is 18.7. The number of carbonyl (C=O) groups is 2. The number of carbonyl (C=O) groups excluding carboxylic acids is 2. The number of amides is 2. The first kappa shape index (κ1) is 49.1. The van der Waals surface area contributed by atoms with E-state index in [2.05, 4.69) is 16.0 Å². The van der Waals surface area contributed by atoms with E-state index in [1.807, 2.05) is 39.0 Å². The normalized spacial score (nSPS) is 12.3. The lowest BCUT2D eigenvalue weighted by Crippen LogP contribution is -2.47. The van der Waals surface area contributed by atoms with Crippen LogP contribution in [0.15, 0.2) is 30.1 Å². The van der Waals surface area contributed by atoms with Gasteiger partial charge in [0.25, 0.3) is 0 Å². The third kappa shape index (κ3) is 26.0. The molecule has 1 unspecified atom stereocenters. The Morgan fingerprint density at radius 3 is 1.72 bits per heavy atom. The molecule has 1 aromatic rings. The molecule has 17 heteroatoms. The molecule has 0 saturated carbocycles. The van der Waals surface area contributed by atoms with Gasteiger partial charge in [-0.2, -0.15) is 0 Å². The lowest BCUT2D eigenvalue weighted by molar-refractivity contribution is -0.126. The van der Waals surface area contributed by atoms with Crippen LogP contribution in [0, 0.1) is 5.92 Å². The molecule has 1 rings (SSSR count). The van der Waals surface area contributed by atoms with Gasteiger partial charge in [0.2, 0.25) is 11.8 Å². The highest BCUT2D eigenvalue weighted by Gasteiger charge is 2.20. The summed E-state index contributed by atoms with van der Waals surface area (Å²) in [6.45, 7) is 14.1. The minimum absolute atomic E-state index is 0.0956. The van der Waals surface area contributed by atoms with Gasteiger partial charge in [-0.1, -0.05) is 26.8 Å². The lowest BCUT2D eigenvalue weighted by Gasteiger charge is -2.19. The van der Waals surface area contributed by atoms with Crippen LogP contribution in [0.2, 0.25) is 0 Å². The summed E-state index contributed by atoms with van der Waals surface area (Å²) >= 11 is 0. The second-order valence-electron chi connectivity index (χ2n) is 12.3. The molecular formula is C37H68N6O11. The Morgan fingerprint density at radius 1 is 0.759 bits per heavy atom. The van der Waals surface area contributed by atoms with Gasteiger partial charge in [0.05, 0.1) is 137 Å². The number of likely N-dealkylation sites (N-methyl/N-ethyl adjacent to an activating group) is 1. The average molecular weight is 773 g/mol. The van der Waals surface area contributed by atoms with Gasteiger partial charge in [0.1, 0.15) is 0 Å². The van der Waals surface area contributed by atoms with Crippen molar-refractivity contribution in [2.75, 3.05) is 138 Å². The van der Waals surface area contributed by atoms with Gasteiger partial charge in [-0.25, -0.2) is 5.84 Å². The van der Waals surface area contributed by atoms with Gasteiger partial charge in [0.15, 0.2) is 0 Å². The number of aryl methyl sites for hydroxylation is 1. The van der Waals surface area contributed by atoms with Crippen LogP contribution in [0.4, 0.5) is 5.69 Å². The molecule has 1 aromatic carbocycles. The summed E-state index contributed by atoms with van der Waals surface area (Å²) in [4.78, 5) is 24.8. The van der Waals surface area contributed by atoms with Crippen LogP contribution in [-0.4, -0.2) is 156 Å². The highest BCUT2D eigenvalue weighted by molar-refractivity contribution is 5.95. The van der Waals surface area contributed by atoms with Crippen LogP contribution in [-0.2, 0) is 65.2 Å². The molecule has 54 heavy (non-hydrogen) atoms. The fourth-order valence-corrected chi connectivity index (χ4v) is 4.76. The molecule has 312 valence electrons. The van der Waals surface area contributed by atoms with Crippen LogP contribution in [0.1, 0.15) is 31.9 Å². The van der Waals surface area contributed by atoms with Gasteiger partial charge in [-0.05, 0) is 42.6 Å². The summed E-state index contributed by atoms with van der Waals surface area (Å²) in [5, 5.41) is 9.93. The molecule has 0 fully saturated rings. The highest BCUT2D eigenvalue weighted by atomic mass is 16.6. The molecule has 2 amide bonds. The summed E-state index contributed by atoms with van der Waals surface area (Å²) < 4.78 is 49.0. The maximum absolute atomic E-state index is 12.5. The number of ether oxygens (including phenoxy) is 9. The van der Waals surface area contributed by atoms with E-state index >= 15 is 0 Å². The first-order chi connectivity index (χ1) is 26.2. The summed E-state index contributed by atoms with van der Waals surface area (Å²) in [6, 6.07) is 5.28. The van der Waals surface area contributed by atoms with E-state index in [-0.39, 0.29) is 36.9 Å². The Bertz CT molecular complexity index is 1130. The van der Waals surface area contributed by atoms with E-state index < -0.39 is 0 Å². The maximum atomic E-state index is 12.5. The molecule has 17 nitrogen and oxygen atoms in total.